The van der Waals surface area contributed by atoms with Gasteiger partial charge in [0.15, 0.2) is 0 Å². The first-order chi connectivity index (χ1) is 21.1. The number of rotatable bonds is 8. The Balaban J connectivity index is 0.00000461. The Hall–Kier alpha value is -4.93. The second-order valence-corrected chi connectivity index (χ2v) is 10.9. The lowest BCUT2D eigenvalue weighted by Crippen LogP contribution is -2.63. The van der Waals surface area contributed by atoms with Crippen LogP contribution in [-0.2, 0) is 20.9 Å². The fraction of sp³-hybridized carbons (Fsp3) is 0.235. The van der Waals surface area contributed by atoms with Crippen molar-refractivity contribution in [3.8, 4) is 5.75 Å². The molecular weight excluding hydrogens is 594 g/mol. The Bertz CT molecular complexity index is 1760. The first kappa shape index (κ1) is 33.0. The molecule has 0 fully saturated rings. The van der Waals surface area contributed by atoms with Gasteiger partial charge in [0.1, 0.15) is 11.3 Å². The summed E-state index contributed by atoms with van der Waals surface area (Å²) in [5.41, 5.74) is 7.09. The number of hydrogen-bond acceptors (Lipinski definition) is 6. The Morgan fingerprint density at radius 1 is 0.956 bits per heavy atom. The van der Waals surface area contributed by atoms with E-state index in [1.165, 1.54) is 11.8 Å². The third-order valence-corrected chi connectivity index (χ3v) is 8.35. The van der Waals surface area contributed by atoms with Gasteiger partial charge in [-0.25, -0.2) is 0 Å². The molecule has 0 radical (unpaired) electrons. The van der Waals surface area contributed by atoms with Crippen molar-refractivity contribution in [1.82, 2.24) is 5.32 Å². The lowest BCUT2D eigenvalue weighted by atomic mass is 9.83. The molecule has 0 spiro atoms. The van der Waals surface area contributed by atoms with Crippen LogP contribution in [0, 0.1) is 5.92 Å². The van der Waals surface area contributed by atoms with E-state index in [1.54, 1.807) is 74.5 Å². The van der Waals surface area contributed by atoms with E-state index in [-0.39, 0.29) is 43.2 Å². The molecule has 1 aliphatic rings. The molecule has 4 aromatic rings. The van der Waals surface area contributed by atoms with E-state index >= 15 is 0 Å². The Kier molecular flexibility index (Phi) is 9.80. The van der Waals surface area contributed by atoms with Gasteiger partial charge < -0.3 is 30.9 Å². The van der Waals surface area contributed by atoms with E-state index in [1.807, 2.05) is 36.4 Å². The second kappa shape index (κ2) is 13.4. The summed E-state index contributed by atoms with van der Waals surface area (Å²) < 4.78 is 5.74. The molecule has 4 aromatic carbocycles. The van der Waals surface area contributed by atoms with E-state index in [0.717, 1.165) is 16.3 Å². The predicted molar refractivity (Wildman–Crippen MR) is 178 cm³/mol. The number of methoxy groups -OCH3 is 1. The molecule has 45 heavy (non-hydrogen) atoms. The number of primary amides is 1. The molecule has 10 nitrogen and oxygen atoms in total. The number of nitrogens with zero attached hydrogens (tertiary/aromatic N) is 2. The maximum Gasteiger partial charge on any atom is 0.258 e. The number of para-hydroxylation sites is 2. The van der Waals surface area contributed by atoms with Gasteiger partial charge in [-0.3, -0.25) is 19.2 Å². The molecule has 1 unspecified atom stereocenters. The van der Waals surface area contributed by atoms with Crippen molar-refractivity contribution < 1.29 is 23.9 Å². The minimum absolute atomic E-state index is 0. The number of likely N-dealkylation sites (N-methyl/N-ethyl adjacent to an activating group) is 1. The summed E-state index contributed by atoms with van der Waals surface area (Å²) >= 11 is 0. The summed E-state index contributed by atoms with van der Waals surface area (Å²) in [6, 6.07) is 25.3. The highest BCUT2D eigenvalue weighted by molar-refractivity contribution is 6.13. The topological polar surface area (TPSA) is 134 Å². The maximum absolute atomic E-state index is 14.7. The fourth-order valence-corrected chi connectivity index (χ4v) is 5.72. The van der Waals surface area contributed by atoms with Crippen molar-refractivity contribution in [2.24, 2.45) is 11.7 Å². The average molecular weight is 630 g/mol. The Morgan fingerprint density at radius 3 is 2.22 bits per heavy atom. The fourth-order valence-electron chi connectivity index (χ4n) is 5.72. The molecule has 1 aliphatic heterocycles. The molecule has 0 bridgehead atoms. The van der Waals surface area contributed by atoms with Gasteiger partial charge in [-0.15, -0.1) is 12.4 Å². The molecule has 0 aliphatic carbocycles. The van der Waals surface area contributed by atoms with Crippen LogP contribution in [0.5, 0.6) is 5.75 Å². The van der Waals surface area contributed by atoms with Crippen molar-refractivity contribution >= 4 is 63.9 Å². The number of hydrogen-bond donors (Lipinski definition) is 3. The third kappa shape index (κ3) is 6.20. The van der Waals surface area contributed by atoms with Gasteiger partial charge in [-0.2, -0.15) is 0 Å². The van der Waals surface area contributed by atoms with Crippen LogP contribution in [0.25, 0.3) is 10.8 Å². The number of anilines is 3. The van der Waals surface area contributed by atoms with Crippen LogP contribution in [-0.4, -0.2) is 49.9 Å². The van der Waals surface area contributed by atoms with Crippen LogP contribution >= 0.6 is 12.4 Å². The zero-order chi connectivity index (χ0) is 31.6. The number of carbonyl (C=O) groups is 4. The number of carbonyl (C=O) groups excluding carboxylic acids is 4. The number of nitrogens with one attached hydrogen (secondary N) is 2. The summed E-state index contributed by atoms with van der Waals surface area (Å²) in [5.74, 6) is -2.16. The summed E-state index contributed by atoms with van der Waals surface area (Å²) in [7, 11) is 3.15. The maximum atomic E-state index is 14.7. The van der Waals surface area contributed by atoms with Crippen molar-refractivity contribution in [1.29, 1.82) is 0 Å². The van der Waals surface area contributed by atoms with E-state index in [0.29, 0.717) is 28.4 Å². The number of nitrogens with two attached hydrogens (primary N) is 1. The molecule has 4 amide bonds. The van der Waals surface area contributed by atoms with E-state index in [9.17, 15) is 19.2 Å². The summed E-state index contributed by atoms with van der Waals surface area (Å²) in [6.45, 7) is 2.98. The summed E-state index contributed by atoms with van der Waals surface area (Å²) in [6.07, 6.45) is 0. The van der Waals surface area contributed by atoms with Crippen molar-refractivity contribution in [2.75, 3.05) is 35.8 Å². The van der Waals surface area contributed by atoms with E-state index < -0.39 is 17.4 Å². The quantitative estimate of drug-likeness (QED) is 0.263. The lowest BCUT2D eigenvalue weighted by molar-refractivity contribution is -0.133. The van der Waals surface area contributed by atoms with Crippen LogP contribution in [0.3, 0.4) is 0 Å². The molecule has 1 heterocycles. The monoisotopic (exact) mass is 629 g/mol. The highest BCUT2D eigenvalue weighted by Crippen LogP contribution is 2.40. The van der Waals surface area contributed by atoms with Crippen LogP contribution in [0.2, 0.25) is 0 Å². The minimum Gasteiger partial charge on any atom is -0.496 e. The van der Waals surface area contributed by atoms with Crippen LogP contribution in [0.1, 0.15) is 29.8 Å². The van der Waals surface area contributed by atoms with Crippen LogP contribution < -0.4 is 30.9 Å². The normalized spacial score (nSPS) is 15.7. The molecular formula is C34H36ClN5O5. The highest BCUT2D eigenvalue weighted by atomic mass is 35.5. The molecule has 5 rings (SSSR count). The van der Waals surface area contributed by atoms with Gasteiger partial charge in [-0.1, -0.05) is 42.5 Å². The Morgan fingerprint density at radius 2 is 1.60 bits per heavy atom. The largest absolute Gasteiger partial charge is 0.496 e. The molecule has 0 saturated heterocycles. The summed E-state index contributed by atoms with van der Waals surface area (Å²) in [4.78, 5) is 56.4. The standard InChI is InChI=1S/C34H35N5O5.ClH/c1-21(40)37-24-16-13-23(14-17-24)31(41)39-20-27(34(2,36-3)33(35)43)32(42)38(28-11-7-8-12-29(28)39)19-26-25-10-6-5-9-22(25)15-18-30(26)44-4;/h5-18,27,36H,19-20H2,1-4H3,(H2,35,43)(H,37,40);1H/t27-,34?;/m1./s1. The number of fused-ring (bicyclic) bond motifs is 2. The highest BCUT2D eigenvalue weighted by Gasteiger charge is 2.48. The zero-order valence-corrected chi connectivity index (χ0v) is 26.3. The Labute approximate surface area is 267 Å². The van der Waals surface area contributed by atoms with Gasteiger partial charge in [-0.05, 0) is 67.2 Å². The van der Waals surface area contributed by atoms with Gasteiger partial charge >= 0.3 is 0 Å². The summed E-state index contributed by atoms with van der Waals surface area (Å²) in [5, 5.41) is 7.56. The molecule has 0 saturated carbocycles. The minimum atomic E-state index is -1.49. The number of benzene rings is 4. The first-order valence-corrected chi connectivity index (χ1v) is 14.2. The van der Waals surface area contributed by atoms with Crippen molar-refractivity contribution in [3.05, 3.63) is 96.1 Å². The lowest BCUT2D eigenvalue weighted by Gasteiger charge is -2.36. The van der Waals surface area contributed by atoms with Crippen LogP contribution in [0.4, 0.5) is 17.1 Å². The average Bonchev–Trinajstić information content (AvgIpc) is 3.15. The van der Waals surface area contributed by atoms with Gasteiger partial charge in [0, 0.05) is 30.3 Å². The van der Waals surface area contributed by atoms with Gasteiger partial charge in [0.05, 0.1) is 30.9 Å². The molecule has 4 N–H and O–H groups in total. The van der Waals surface area contributed by atoms with Crippen molar-refractivity contribution in [3.63, 3.8) is 0 Å². The molecule has 234 valence electrons. The smallest absolute Gasteiger partial charge is 0.258 e. The number of halogens is 1. The van der Waals surface area contributed by atoms with Gasteiger partial charge in [0.25, 0.3) is 5.91 Å². The predicted octanol–water partition coefficient (Wildman–Crippen LogP) is 4.50. The molecule has 2 atom stereocenters. The molecule has 0 aromatic heterocycles. The van der Waals surface area contributed by atoms with Crippen molar-refractivity contribution in [2.45, 2.75) is 25.9 Å². The second-order valence-electron chi connectivity index (χ2n) is 10.9. The SMILES string of the molecule is CNC(C)(C(N)=O)[C@@H]1CN(C(=O)c2ccc(NC(C)=O)cc2)c2ccccc2N(Cc2c(OC)ccc3ccccc23)C1=O.Cl. The first-order valence-electron chi connectivity index (χ1n) is 14.2. The van der Waals surface area contributed by atoms with Crippen LogP contribution in [0.15, 0.2) is 84.9 Å². The zero-order valence-electron chi connectivity index (χ0n) is 25.5. The van der Waals surface area contributed by atoms with E-state index in [2.05, 4.69) is 10.6 Å². The molecule has 11 heteroatoms. The third-order valence-electron chi connectivity index (χ3n) is 8.35. The number of amides is 4. The van der Waals surface area contributed by atoms with E-state index in [4.69, 9.17) is 10.5 Å². The number of ether oxygens (including phenoxy) is 1. The van der Waals surface area contributed by atoms with Gasteiger partial charge in [0.2, 0.25) is 17.7 Å².